The van der Waals surface area contributed by atoms with E-state index >= 15 is 0 Å². The van der Waals surface area contributed by atoms with Crippen LogP contribution in [0.5, 0.6) is 5.75 Å². The maximum atomic E-state index is 12.5. The minimum atomic E-state index is -4.75. The van der Waals surface area contributed by atoms with Gasteiger partial charge in [0.15, 0.2) is 0 Å². The molecule has 0 aromatic heterocycles. The molecular weight excluding hydrogens is 339 g/mol. The average molecular weight is 359 g/mol. The number of hydrogen-bond donors (Lipinski definition) is 0. The lowest BCUT2D eigenvalue weighted by Gasteiger charge is -2.34. The number of alkyl halides is 3. The summed E-state index contributed by atoms with van der Waals surface area (Å²) >= 11 is 0. The number of nitrogens with zero attached hydrogens (tertiary/aromatic N) is 1. The van der Waals surface area contributed by atoms with Crippen LogP contribution in [-0.4, -0.2) is 42.3 Å². The lowest BCUT2D eigenvalue weighted by atomic mass is 10.0. The van der Waals surface area contributed by atoms with E-state index in [2.05, 4.69) is 4.74 Å². The summed E-state index contributed by atoms with van der Waals surface area (Å²) in [5, 5.41) is 0. The van der Waals surface area contributed by atoms with E-state index in [4.69, 9.17) is 4.74 Å². The Kier molecular flexibility index (Phi) is 6.27. The third-order valence-electron chi connectivity index (χ3n) is 3.89. The van der Waals surface area contributed by atoms with Gasteiger partial charge in [-0.25, -0.2) is 4.79 Å². The van der Waals surface area contributed by atoms with Gasteiger partial charge in [-0.05, 0) is 43.9 Å². The lowest BCUT2D eigenvalue weighted by molar-refractivity contribution is -0.274. The fourth-order valence-electron chi connectivity index (χ4n) is 2.80. The summed E-state index contributed by atoms with van der Waals surface area (Å²) in [6.07, 6.45) is -2.54. The Bertz CT molecular complexity index is 601. The number of likely N-dealkylation sites (tertiary alicyclic amines) is 1. The minimum Gasteiger partial charge on any atom is -0.464 e. The van der Waals surface area contributed by atoms with Crippen LogP contribution < -0.4 is 4.74 Å². The summed E-state index contributed by atoms with van der Waals surface area (Å²) < 4.78 is 45.3. The Balaban J connectivity index is 2.01. The van der Waals surface area contributed by atoms with Crippen LogP contribution in [0.25, 0.3) is 0 Å². The van der Waals surface area contributed by atoms with E-state index < -0.39 is 18.4 Å². The highest BCUT2D eigenvalue weighted by molar-refractivity contribution is 5.86. The summed E-state index contributed by atoms with van der Waals surface area (Å²) in [5.74, 6) is -1.00. The molecule has 1 aliphatic rings. The summed E-state index contributed by atoms with van der Waals surface area (Å²) in [7, 11) is 0. The molecule has 1 amide bonds. The molecular formula is C17H20F3NO4. The van der Waals surface area contributed by atoms with Crippen LogP contribution in [0.3, 0.4) is 0 Å². The van der Waals surface area contributed by atoms with Crippen molar-refractivity contribution in [2.75, 3.05) is 13.2 Å². The third kappa shape index (κ3) is 5.65. The minimum absolute atomic E-state index is 0.00219. The van der Waals surface area contributed by atoms with Crippen molar-refractivity contribution in [1.29, 1.82) is 0 Å². The molecule has 1 saturated heterocycles. The standard InChI is InChI=1S/C17H20F3NO4/c1-2-24-16(23)14-5-3-4-10-21(14)15(22)11-12-6-8-13(9-7-12)25-17(18,19)20/h6-9,14H,2-5,10-11H2,1H3. The number of benzene rings is 1. The fraction of sp³-hybridized carbons (Fsp3) is 0.529. The number of rotatable bonds is 5. The molecule has 8 heteroatoms. The number of carbonyl (C=O) groups is 2. The van der Waals surface area contributed by atoms with E-state index in [1.54, 1.807) is 6.92 Å². The highest BCUT2D eigenvalue weighted by Gasteiger charge is 2.33. The summed E-state index contributed by atoms with van der Waals surface area (Å²) in [4.78, 5) is 26.0. The first-order chi connectivity index (χ1) is 11.8. The zero-order chi connectivity index (χ0) is 18.4. The largest absolute Gasteiger partial charge is 0.573 e. The Morgan fingerprint density at radius 1 is 1.20 bits per heavy atom. The van der Waals surface area contributed by atoms with E-state index in [1.807, 2.05) is 0 Å². The van der Waals surface area contributed by atoms with Crippen molar-refractivity contribution >= 4 is 11.9 Å². The Labute approximate surface area is 143 Å². The number of hydrogen-bond acceptors (Lipinski definition) is 4. The van der Waals surface area contributed by atoms with Gasteiger partial charge < -0.3 is 14.4 Å². The normalized spacial score (nSPS) is 17.9. The van der Waals surface area contributed by atoms with Gasteiger partial charge in [0.25, 0.3) is 0 Å². The predicted octanol–water partition coefficient (Wildman–Crippen LogP) is 3.07. The van der Waals surface area contributed by atoms with Crippen molar-refractivity contribution in [3.8, 4) is 5.75 Å². The van der Waals surface area contributed by atoms with E-state index in [0.717, 1.165) is 25.0 Å². The summed E-state index contributed by atoms with van der Waals surface area (Å²) in [6, 6.07) is 4.54. The van der Waals surface area contributed by atoms with Crippen molar-refractivity contribution in [1.82, 2.24) is 4.90 Å². The molecule has 1 aromatic carbocycles. The molecule has 0 spiro atoms. The maximum absolute atomic E-state index is 12.5. The molecule has 0 N–H and O–H groups in total. The molecule has 0 radical (unpaired) electrons. The van der Waals surface area contributed by atoms with Crippen LogP contribution in [0.4, 0.5) is 13.2 Å². The Hall–Kier alpha value is -2.25. The smallest absolute Gasteiger partial charge is 0.464 e. The number of halogens is 3. The number of amides is 1. The Morgan fingerprint density at radius 2 is 1.88 bits per heavy atom. The van der Waals surface area contributed by atoms with Gasteiger partial charge >= 0.3 is 12.3 Å². The van der Waals surface area contributed by atoms with Gasteiger partial charge in [0, 0.05) is 6.54 Å². The topological polar surface area (TPSA) is 55.8 Å². The number of carbonyl (C=O) groups excluding carboxylic acids is 2. The molecule has 25 heavy (non-hydrogen) atoms. The molecule has 2 rings (SSSR count). The van der Waals surface area contributed by atoms with Crippen LogP contribution in [0.15, 0.2) is 24.3 Å². The summed E-state index contributed by atoms with van der Waals surface area (Å²) in [5.41, 5.74) is 0.549. The Morgan fingerprint density at radius 3 is 2.48 bits per heavy atom. The predicted molar refractivity (Wildman–Crippen MR) is 82.8 cm³/mol. The lowest BCUT2D eigenvalue weighted by Crippen LogP contribution is -2.49. The van der Waals surface area contributed by atoms with Crippen molar-refractivity contribution in [3.63, 3.8) is 0 Å². The van der Waals surface area contributed by atoms with Gasteiger partial charge in [-0.15, -0.1) is 13.2 Å². The molecule has 1 atom stereocenters. The van der Waals surface area contributed by atoms with Crippen molar-refractivity contribution in [3.05, 3.63) is 29.8 Å². The fourth-order valence-corrected chi connectivity index (χ4v) is 2.80. The zero-order valence-electron chi connectivity index (χ0n) is 13.8. The first-order valence-electron chi connectivity index (χ1n) is 8.11. The van der Waals surface area contributed by atoms with Gasteiger partial charge in [0.2, 0.25) is 5.91 Å². The van der Waals surface area contributed by atoms with Gasteiger partial charge in [-0.1, -0.05) is 12.1 Å². The summed E-state index contributed by atoms with van der Waals surface area (Å²) in [6.45, 7) is 2.42. The first-order valence-corrected chi connectivity index (χ1v) is 8.11. The molecule has 1 heterocycles. The quantitative estimate of drug-likeness (QED) is 0.758. The van der Waals surface area contributed by atoms with Gasteiger partial charge in [0.05, 0.1) is 13.0 Å². The van der Waals surface area contributed by atoms with Crippen molar-refractivity contribution in [2.45, 2.75) is 45.0 Å². The average Bonchev–Trinajstić information content (AvgIpc) is 2.55. The molecule has 1 aromatic rings. The molecule has 1 unspecified atom stereocenters. The maximum Gasteiger partial charge on any atom is 0.573 e. The molecule has 138 valence electrons. The molecule has 1 aliphatic heterocycles. The number of piperidine rings is 1. The molecule has 0 bridgehead atoms. The number of esters is 1. The van der Waals surface area contributed by atoms with Gasteiger partial charge in [0.1, 0.15) is 11.8 Å². The number of ether oxygens (including phenoxy) is 2. The van der Waals surface area contributed by atoms with E-state index in [0.29, 0.717) is 18.5 Å². The van der Waals surface area contributed by atoms with Crippen LogP contribution >= 0.6 is 0 Å². The molecule has 0 aliphatic carbocycles. The van der Waals surface area contributed by atoms with Crippen molar-refractivity contribution < 1.29 is 32.2 Å². The SMILES string of the molecule is CCOC(=O)C1CCCCN1C(=O)Cc1ccc(OC(F)(F)F)cc1. The molecule has 1 fully saturated rings. The highest BCUT2D eigenvalue weighted by Crippen LogP contribution is 2.24. The second-order valence-corrected chi connectivity index (χ2v) is 5.72. The monoisotopic (exact) mass is 359 g/mol. The van der Waals surface area contributed by atoms with E-state index in [9.17, 15) is 22.8 Å². The van der Waals surface area contributed by atoms with Crippen LogP contribution in [0.1, 0.15) is 31.7 Å². The van der Waals surface area contributed by atoms with Crippen LogP contribution in [0.2, 0.25) is 0 Å². The first kappa shape index (κ1) is 19.1. The van der Waals surface area contributed by atoms with Crippen LogP contribution in [-0.2, 0) is 20.7 Å². The van der Waals surface area contributed by atoms with Gasteiger partial charge in [-0.2, -0.15) is 0 Å². The van der Waals surface area contributed by atoms with E-state index in [1.165, 1.54) is 17.0 Å². The molecule has 5 nitrogen and oxygen atoms in total. The van der Waals surface area contributed by atoms with E-state index in [-0.39, 0.29) is 24.7 Å². The second kappa shape index (κ2) is 8.22. The zero-order valence-corrected chi connectivity index (χ0v) is 13.8. The third-order valence-corrected chi connectivity index (χ3v) is 3.89. The highest BCUT2D eigenvalue weighted by atomic mass is 19.4. The second-order valence-electron chi connectivity index (χ2n) is 5.72. The van der Waals surface area contributed by atoms with Crippen molar-refractivity contribution in [2.24, 2.45) is 0 Å². The molecule has 0 saturated carbocycles. The van der Waals surface area contributed by atoms with Gasteiger partial charge in [-0.3, -0.25) is 4.79 Å². The van der Waals surface area contributed by atoms with Crippen LogP contribution in [0, 0.1) is 0 Å².